The summed E-state index contributed by atoms with van der Waals surface area (Å²) in [6, 6.07) is 10.5. The minimum absolute atomic E-state index is 0.0220. The van der Waals surface area contributed by atoms with Crippen LogP contribution in [0.25, 0.3) is 0 Å². The van der Waals surface area contributed by atoms with Crippen LogP contribution >= 0.6 is 0 Å². The van der Waals surface area contributed by atoms with Crippen LogP contribution < -0.4 is 19.5 Å². The number of methoxy groups -OCH3 is 2. The quantitative estimate of drug-likeness (QED) is 0.383. The van der Waals surface area contributed by atoms with Crippen molar-refractivity contribution in [3.05, 3.63) is 58.1 Å². The van der Waals surface area contributed by atoms with Crippen molar-refractivity contribution in [1.82, 2.24) is 10.2 Å². The Morgan fingerprint density at radius 3 is 2.27 bits per heavy atom. The first-order valence-corrected chi connectivity index (χ1v) is 10.5. The lowest BCUT2D eigenvalue weighted by atomic mass is 10.1. The lowest BCUT2D eigenvalue weighted by Gasteiger charge is -2.30. The van der Waals surface area contributed by atoms with Gasteiger partial charge in [-0.25, -0.2) is 0 Å². The Kier molecular flexibility index (Phi) is 9.46. The van der Waals surface area contributed by atoms with Crippen LogP contribution in [0.5, 0.6) is 17.2 Å². The molecule has 0 radical (unpaired) electrons. The molecule has 2 rings (SSSR count). The highest BCUT2D eigenvalue weighted by atomic mass is 16.6. The summed E-state index contributed by atoms with van der Waals surface area (Å²) >= 11 is 0. The van der Waals surface area contributed by atoms with Crippen LogP contribution in [0.4, 0.5) is 5.69 Å². The van der Waals surface area contributed by atoms with Gasteiger partial charge < -0.3 is 24.4 Å². The third-order valence-electron chi connectivity index (χ3n) is 4.96. The molecule has 2 aromatic carbocycles. The Balaban J connectivity index is 2.22. The third kappa shape index (κ3) is 6.83. The lowest BCUT2D eigenvalue weighted by Crippen LogP contribution is -2.50. The predicted octanol–water partition coefficient (Wildman–Crippen LogP) is 2.93. The van der Waals surface area contributed by atoms with Crippen LogP contribution in [0.15, 0.2) is 42.5 Å². The number of hydrogen-bond acceptors (Lipinski definition) is 7. The summed E-state index contributed by atoms with van der Waals surface area (Å²) in [4.78, 5) is 37.7. The Labute approximate surface area is 192 Å². The number of nitrogens with zero attached hydrogens (tertiary/aromatic N) is 2. The minimum atomic E-state index is -0.686. The molecule has 178 valence electrons. The summed E-state index contributed by atoms with van der Waals surface area (Å²) in [5, 5.41) is 13.8. The molecule has 0 aliphatic rings. The zero-order chi connectivity index (χ0) is 24.4. The van der Waals surface area contributed by atoms with E-state index in [0.717, 1.165) is 5.56 Å². The van der Waals surface area contributed by atoms with Crippen LogP contribution in [-0.2, 0) is 16.1 Å². The molecular formula is C23H29N3O7. The van der Waals surface area contributed by atoms with Gasteiger partial charge in [-0.05, 0) is 37.1 Å². The van der Waals surface area contributed by atoms with Gasteiger partial charge in [-0.15, -0.1) is 0 Å². The molecular weight excluding hydrogens is 430 g/mol. The molecule has 0 spiro atoms. The fourth-order valence-corrected chi connectivity index (χ4v) is 3.27. The molecule has 2 amide bonds. The van der Waals surface area contributed by atoms with Gasteiger partial charge in [0.15, 0.2) is 6.61 Å². The molecule has 0 aliphatic heterocycles. The van der Waals surface area contributed by atoms with Gasteiger partial charge >= 0.3 is 5.69 Å². The van der Waals surface area contributed by atoms with Crippen LogP contribution in [0, 0.1) is 10.1 Å². The molecule has 0 fully saturated rings. The fraction of sp³-hybridized carbons (Fsp3) is 0.391. The second-order valence-corrected chi connectivity index (χ2v) is 7.07. The van der Waals surface area contributed by atoms with Gasteiger partial charge in [0.2, 0.25) is 11.7 Å². The summed E-state index contributed by atoms with van der Waals surface area (Å²) in [6.07, 6.45) is 0.416. The number of carbonyl (C=O) groups is 2. The molecule has 0 unspecified atom stereocenters. The van der Waals surface area contributed by atoms with Crippen LogP contribution in [0.2, 0.25) is 0 Å². The highest BCUT2D eigenvalue weighted by Gasteiger charge is 2.29. The number of ether oxygens (including phenoxy) is 3. The van der Waals surface area contributed by atoms with Crippen molar-refractivity contribution in [3.63, 3.8) is 0 Å². The van der Waals surface area contributed by atoms with E-state index < -0.39 is 16.9 Å². The molecule has 0 saturated carbocycles. The van der Waals surface area contributed by atoms with Crippen molar-refractivity contribution in [1.29, 1.82) is 0 Å². The standard InChI is InChI=1S/C23H29N3O7/c1-5-19(23(28)24-6-2)25(14-16-7-9-17(31-3)10-8-16)22(27)15-33-18-11-12-20(26(29)30)21(13-18)32-4/h7-13,19H,5-6,14-15H2,1-4H3,(H,24,28)/t19-/m1/s1. The first-order valence-electron chi connectivity index (χ1n) is 10.5. The maximum Gasteiger partial charge on any atom is 0.311 e. The van der Waals surface area contributed by atoms with Crippen LogP contribution in [0.1, 0.15) is 25.8 Å². The molecule has 0 bridgehead atoms. The SMILES string of the molecule is CCNC(=O)[C@@H](CC)N(Cc1ccc(OC)cc1)C(=O)COc1ccc([N+](=O)[O-])c(OC)c1. The molecule has 1 N–H and O–H groups in total. The molecule has 0 saturated heterocycles. The molecule has 0 heterocycles. The molecule has 33 heavy (non-hydrogen) atoms. The van der Waals surface area contributed by atoms with E-state index in [0.29, 0.717) is 18.7 Å². The summed E-state index contributed by atoms with van der Waals surface area (Å²) in [5.74, 6) is 0.290. The smallest absolute Gasteiger partial charge is 0.311 e. The van der Waals surface area contributed by atoms with Gasteiger partial charge in [0.05, 0.1) is 19.1 Å². The number of likely N-dealkylation sites (N-methyl/N-ethyl adjacent to an activating group) is 1. The zero-order valence-electron chi connectivity index (χ0n) is 19.2. The Bertz CT molecular complexity index is 963. The number of hydrogen-bond donors (Lipinski definition) is 1. The van der Waals surface area contributed by atoms with Gasteiger partial charge in [0.1, 0.15) is 17.5 Å². The molecule has 0 aliphatic carbocycles. The predicted molar refractivity (Wildman–Crippen MR) is 121 cm³/mol. The van der Waals surface area contributed by atoms with E-state index in [4.69, 9.17) is 14.2 Å². The monoisotopic (exact) mass is 459 g/mol. The molecule has 0 aromatic heterocycles. The van der Waals surface area contributed by atoms with Crippen molar-refractivity contribution in [2.75, 3.05) is 27.4 Å². The van der Waals surface area contributed by atoms with Crippen molar-refractivity contribution in [2.45, 2.75) is 32.9 Å². The molecule has 2 aromatic rings. The van der Waals surface area contributed by atoms with E-state index >= 15 is 0 Å². The van der Waals surface area contributed by atoms with Crippen molar-refractivity contribution in [3.8, 4) is 17.2 Å². The van der Waals surface area contributed by atoms with E-state index in [-0.39, 0.29) is 36.2 Å². The van der Waals surface area contributed by atoms with Crippen molar-refractivity contribution >= 4 is 17.5 Å². The van der Waals surface area contributed by atoms with Crippen LogP contribution in [0.3, 0.4) is 0 Å². The van der Waals surface area contributed by atoms with E-state index in [2.05, 4.69) is 5.32 Å². The molecule has 1 atom stereocenters. The summed E-state index contributed by atoms with van der Waals surface area (Å²) in [5.41, 5.74) is 0.614. The van der Waals surface area contributed by atoms with E-state index in [1.54, 1.807) is 19.2 Å². The Hall–Kier alpha value is -3.82. The van der Waals surface area contributed by atoms with Gasteiger partial charge in [-0.2, -0.15) is 0 Å². The largest absolute Gasteiger partial charge is 0.497 e. The first-order chi connectivity index (χ1) is 15.8. The number of nitrogens with one attached hydrogen (secondary N) is 1. The number of nitro benzene ring substituents is 1. The maximum absolute atomic E-state index is 13.1. The minimum Gasteiger partial charge on any atom is -0.497 e. The molecule has 10 heteroatoms. The Morgan fingerprint density at radius 1 is 1.06 bits per heavy atom. The normalized spacial score (nSPS) is 11.3. The average Bonchev–Trinajstić information content (AvgIpc) is 2.82. The summed E-state index contributed by atoms with van der Waals surface area (Å²) < 4.78 is 15.8. The van der Waals surface area contributed by atoms with Crippen LogP contribution in [-0.4, -0.2) is 55.1 Å². The third-order valence-corrected chi connectivity index (χ3v) is 4.96. The summed E-state index contributed by atoms with van der Waals surface area (Å²) in [6.45, 7) is 3.93. The van der Waals surface area contributed by atoms with E-state index in [9.17, 15) is 19.7 Å². The highest BCUT2D eigenvalue weighted by molar-refractivity contribution is 5.88. The van der Waals surface area contributed by atoms with Gasteiger partial charge in [0.25, 0.3) is 5.91 Å². The maximum atomic E-state index is 13.1. The topological polar surface area (TPSA) is 120 Å². The van der Waals surface area contributed by atoms with Gasteiger partial charge in [-0.3, -0.25) is 19.7 Å². The number of benzene rings is 2. The summed E-state index contributed by atoms with van der Waals surface area (Å²) in [7, 11) is 2.88. The second-order valence-electron chi connectivity index (χ2n) is 7.07. The van der Waals surface area contributed by atoms with Crippen molar-refractivity contribution in [2.24, 2.45) is 0 Å². The number of carbonyl (C=O) groups excluding carboxylic acids is 2. The Morgan fingerprint density at radius 2 is 1.73 bits per heavy atom. The fourth-order valence-electron chi connectivity index (χ4n) is 3.27. The first kappa shape index (κ1) is 25.4. The second kappa shape index (κ2) is 12.3. The van der Waals surface area contributed by atoms with E-state index in [1.807, 2.05) is 26.0 Å². The number of nitro groups is 1. The zero-order valence-corrected chi connectivity index (χ0v) is 19.2. The highest BCUT2D eigenvalue weighted by Crippen LogP contribution is 2.30. The van der Waals surface area contributed by atoms with Gasteiger partial charge in [0, 0.05) is 25.2 Å². The number of amides is 2. The van der Waals surface area contributed by atoms with Gasteiger partial charge in [-0.1, -0.05) is 19.1 Å². The molecule has 10 nitrogen and oxygen atoms in total. The van der Waals surface area contributed by atoms with Crippen molar-refractivity contribution < 1.29 is 28.7 Å². The lowest BCUT2D eigenvalue weighted by molar-refractivity contribution is -0.385. The average molecular weight is 459 g/mol. The number of rotatable bonds is 12. The van der Waals surface area contributed by atoms with E-state index in [1.165, 1.54) is 30.2 Å².